The summed E-state index contributed by atoms with van der Waals surface area (Å²) in [5, 5.41) is 7.30. The molecule has 0 aliphatic carbocycles. The van der Waals surface area contributed by atoms with E-state index in [-0.39, 0.29) is 5.41 Å². The Bertz CT molecular complexity index is 3180. The molecule has 0 saturated carbocycles. The van der Waals surface area contributed by atoms with Gasteiger partial charge in [-0.05, 0) is 91.2 Å². The Morgan fingerprint density at radius 1 is 0.393 bits per heavy atom. The van der Waals surface area contributed by atoms with Crippen LogP contribution in [-0.2, 0) is 5.41 Å². The van der Waals surface area contributed by atoms with Crippen LogP contribution in [0.3, 0.4) is 0 Å². The summed E-state index contributed by atoms with van der Waals surface area (Å²) < 4.78 is 6.78. The van der Waals surface area contributed by atoms with Crippen molar-refractivity contribution in [3.63, 3.8) is 0 Å². The fourth-order valence-electron chi connectivity index (χ4n) is 9.00. The van der Waals surface area contributed by atoms with E-state index in [0.717, 1.165) is 44.7 Å². The quantitative estimate of drug-likeness (QED) is 0.181. The van der Waals surface area contributed by atoms with Crippen LogP contribution in [0, 0.1) is 0 Å². The molecular formula is C54H39NO. The van der Waals surface area contributed by atoms with Crippen LogP contribution < -0.4 is 4.90 Å². The van der Waals surface area contributed by atoms with Crippen LogP contribution in [0.15, 0.2) is 186 Å². The molecule has 56 heavy (non-hydrogen) atoms. The number of hydrogen-bond acceptors (Lipinski definition) is 2. The summed E-state index contributed by atoms with van der Waals surface area (Å²) in [5.41, 5.74) is 16.1. The summed E-state index contributed by atoms with van der Waals surface area (Å²) in [6.07, 6.45) is 0. The highest BCUT2D eigenvalue weighted by Crippen LogP contribution is 2.53. The number of benzene rings is 9. The van der Waals surface area contributed by atoms with Crippen molar-refractivity contribution in [3.05, 3.63) is 188 Å². The van der Waals surface area contributed by atoms with Gasteiger partial charge in [0.15, 0.2) is 0 Å². The van der Waals surface area contributed by atoms with E-state index in [9.17, 15) is 0 Å². The largest absolute Gasteiger partial charge is 0.455 e. The summed E-state index contributed by atoms with van der Waals surface area (Å²) in [6.45, 7) is 6.75. The Morgan fingerprint density at radius 2 is 1.00 bits per heavy atom. The second-order valence-electron chi connectivity index (χ2n) is 16.1. The second kappa shape index (κ2) is 12.3. The van der Waals surface area contributed by atoms with Crippen LogP contribution in [0.4, 0.5) is 17.1 Å². The number of furan rings is 1. The lowest BCUT2D eigenvalue weighted by Crippen LogP contribution is -2.11. The molecule has 0 N–H and O–H groups in total. The van der Waals surface area contributed by atoms with Gasteiger partial charge in [-0.3, -0.25) is 0 Å². The number of hydrogen-bond donors (Lipinski definition) is 0. The van der Waals surface area contributed by atoms with Crippen molar-refractivity contribution in [3.8, 4) is 44.5 Å². The average molecular weight is 718 g/mol. The Morgan fingerprint density at radius 3 is 1.84 bits per heavy atom. The van der Waals surface area contributed by atoms with Crippen molar-refractivity contribution in [2.24, 2.45) is 0 Å². The normalized spacial score (nSPS) is 12.5. The Labute approximate surface area is 326 Å². The summed E-state index contributed by atoms with van der Waals surface area (Å²) in [6, 6.07) is 66.7. The molecule has 0 unspecified atom stereocenters. The first kappa shape index (κ1) is 32.5. The Kier molecular flexibility index (Phi) is 7.15. The van der Waals surface area contributed by atoms with Gasteiger partial charge in [0.05, 0.1) is 11.4 Å². The first-order chi connectivity index (χ1) is 27.4. The second-order valence-corrected chi connectivity index (χ2v) is 16.1. The van der Waals surface area contributed by atoms with E-state index >= 15 is 0 Å². The smallest absolute Gasteiger partial charge is 0.143 e. The van der Waals surface area contributed by atoms with Gasteiger partial charge in [-0.2, -0.15) is 0 Å². The highest BCUT2D eigenvalue weighted by molar-refractivity contribution is 6.13. The number of para-hydroxylation sites is 3. The van der Waals surface area contributed by atoms with Crippen LogP contribution in [0.25, 0.3) is 88.0 Å². The van der Waals surface area contributed by atoms with Gasteiger partial charge >= 0.3 is 0 Å². The SMILES string of the molecule is CC(C)(C)c1cccc2c1oc1c(-c3ccc(N4c5ccc(-c6ccc7ccccc7c6)cc5-c5ccc6ccccc6c5-c5ccccc54)cc3)cccc12. The lowest BCUT2D eigenvalue weighted by molar-refractivity contribution is 0.573. The first-order valence-corrected chi connectivity index (χ1v) is 19.5. The van der Waals surface area contributed by atoms with E-state index in [1.165, 1.54) is 65.9 Å². The van der Waals surface area contributed by atoms with Crippen molar-refractivity contribution in [2.75, 3.05) is 4.90 Å². The molecule has 1 aliphatic heterocycles. The molecule has 0 atom stereocenters. The Hall–Kier alpha value is -6.90. The third kappa shape index (κ3) is 5.03. The van der Waals surface area contributed by atoms with Gasteiger partial charge in [0.2, 0.25) is 0 Å². The zero-order valence-electron chi connectivity index (χ0n) is 31.7. The van der Waals surface area contributed by atoms with E-state index in [0.29, 0.717) is 0 Å². The zero-order chi connectivity index (χ0) is 37.5. The average Bonchev–Trinajstić information content (AvgIpc) is 3.57. The van der Waals surface area contributed by atoms with Gasteiger partial charge in [-0.1, -0.05) is 166 Å². The maximum atomic E-state index is 6.78. The van der Waals surface area contributed by atoms with E-state index in [1.54, 1.807) is 0 Å². The minimum absolute atomic E-state index is 0.0306. The molecule has 1 aromatic heterocycles. The fraction of sp³-hybridized carbons (Fsp3) is 0.0741. The van der Waals surface area contributed by atoms with Crippen LogP contribution in [0.2, 0.25) is 0 Å². The maximum absolute atomic E-state index is 6.78. The molecule has 0 amide bonds. The summed E-state index contributed by atoms with van der Waals surface area (Å²) in [4.78, 5) is 2.45. The molecule has 0 spiro atoms. The van der Waals surface area contributed by atoms with Crippen LogP contribution >= 0.6 is 0 Å². The van der Waals surface area contributed by atoms with Gasteiger partial charge in [0.25, 0.3) is 0 Å². The molecule has 2 heterocycles. The minimum atomic E-state index is -0.0306. The van der Waals surface area contributed by atoms with Gasteiger partial charge in [0, 0.05) is 38.7 Å². The lowest BCUT2D eigenvalue weighted by atomic mass is 9.86. The third-order valence-electron chi connectivity index (χ3n) is 11.7. The fourth-order valence-corrected chi connectivity index (χ4v) is 9.00. The van der Waals surface area contributed by atoms with E-state index < -0.39 is 0 Å². The van der Waals surface area contributed by atoms with E-state index in [4.69, 9.17) is 4.42 Å². The molecule has 1 aliphatic rings. The van der Waals surface area contributed by atoms with Gasteiger partial charge in [-0.25, -0.2) is 0 Å². The van der Waals surface area contributed by atoms with Crippen molar-refractivity contribution >= 4 is 60.5 Å². The molecule has 0 bridgehead atoms. The van der Waals surface area contributed by atoms with Crippen molar-refractivity contribution in [1.82, 2.24) is 0 Å². The number of nitrogens with zero attached hydrogens (tertiary/aromatic N) is 1. The highest BCUT2D eigenvalue weighted by atomic mass is 16.3. The number of fused-ring (bicyclic) bond motifs is 11. The van der Waals surface area contributed by atoms with Gasteiger partial charge in [-0.15, -0.1) is 0 Å². The summed E-state index contributed by atoms with van der Waals surface area (Å²) >= 11 is 0. The molecule has 266 valence electrons. The summed E-state index contributed by atoms with van der Waals surface area (Å²) in [7, 11) is 0. The minimum Gasteiger partial charge on any atom is -0.455 e. The monoisotopic (exact) mass is 717 g/mol. The standard InChI is InChI=1S/C54H39NO/c1-54(2,3)48-20-11-19-45-44-18-10-17-42(52(44)56-53(45)48)36-24-28-40(29-25-36)55-49-21-9-8-16-46(49)51-41-15-7-6-13-35(41)26-30-43(51)47-33-39(27-31-50(47)55)38-23-22-34-12-4-5-14-37(34)32-38/h4-33H,1-3H3. The molecule has 2 nitrogen and oxygen atoms in total. The van der Waals surface area contributed by atoms with Gasteiger partial charge < -0.3 is 9.32 Å². The van der Waals surface area contributed by atoms with Crippen molar-refractivity contribution < 1.29 is 4.42 Å². The molecule has 11 rings (SSSR count). The molecule has 0 radical (unpaired) electrons. The lowest BCUT2D eigenvalue weighted by Gasteiger charge is -2.28. The van der Waals surface area contributed by atoms with E-state index in [1.807, 2.05) is 0 Å². The molecular weight excluding hydrogens is 679 g/mol. The zero-order valence-corrected chi connectivity index (χ0v) is 31.7. The van der Waals surface area contributed by atoms with Crippen LogP contribution in [0.1, 0.15) is 26.3 Å². The molecule has 0 saturated heterocycles. The highest BCUT2D eigenvalue weighted by Gasteiger charge is 2.28. The molecule has 0 fully saturated rings. The topological polar surface area (TPSA) is 16.4 Å². The third-order valence-corrected chi connectivity index (χ3v) is 11.7. The van der Waals surface area contributed by atoms with Crippen molar-refractivity contribution in [1.29, 1.82) is 0 Å². The van der Waals surface area contributed by atoms with Crippen LogP contribution in [-0.4, -0.2) is 0 Å². The predicted molar refractivity (Wildman–Crippen MR) is 237 cm³/mol. The first-order valence-electron chi connectivity index (χ1n) is 19.5. The maximum Gasteiger partial charge on any atom is 0.143 e. The molecule has 9 aromatic carbocycles. The molecule has 2 heteroatoms. The number of anilines is 3. The Balaban J connectivity index is 1.11. The molecule has 10 aromatic rings. The van der Waals surface area contributed by atoms with E-state index in [2.05, 4.69) is 208 Å². The summed E-state index contributed by atoms with van der Waals surface area (Å²) in [5.74, 6) is 0. The predicted octanol–water partition coefficient (Wildman–Crippen LogP) is 15.6. The van der Waals surface area contributed by atoms with Crippen LogP contribution in [0.5, 0.6) is 0 Å². The van der Waals surface area contributed by atoms with Crippen molar-refractivity contribution in [2.45, 2.75) is 26.2 Å². The number of rotatable bonds is 3. The van der Waals surface area contributed by atoms with Gasteiger partial charge in [0.1, 0.15) is 11.2 Å².